The minimum Gasteiger partial charge on any atom is -0.465 e. The summed E-state index contributed by atoms with van der Waals surface area (Å²) >= 11 is 0. The van der Waals surface area contributed by atoms with Gasteiger partial charge in [-0.3, -0.25) is 4.79 Å². The van der Waals surface area contributed by atoms with Crippen LogP contribution in [0.15, 0.2) is 18.2 Å². The number of nitrogens with zero attached hydrogens (tertiary/aromatic N) is 1. The van der Waals surface area contributed by atoms with Crippen LogP contribution in [0.25, 0.3) is 0 Å². The van der Waals surface area contributed by atoms with Crippen LogP contribution < -0.4 is 16.0 Å². The molecule has 1 aliphatic heterocycles. The van der Waals surface area contributed by atoms with Gasteiger partial charge in [0.05, 0.1) is 24.0 Å². The molecule has 1 fully saturated rings. The molecule has 7 nitrogen and oxygen atoms in total. The molecular weight excluding hydrogens is 310 g/mol. The molecule has 0 radical (unpaired) electrons. The SMILES string of the molecule is CC(C)(C)OC=O.COC(=O)c1ccc(N2CCNCC2)c(N)c1. The summed E-state index contributed by atoms with van der Waals surface area (Å²) in [5, 5.41) is 3.29. The van der Waals surface area contributed by atoms with Gasteiger partial charge in [-0.2, -0.15) is 0 Å². The molecule has 1 aromatic carbocycles. The number of anilines is 2. The predicted molar refractivity (Wildman–Crippen MR) is 94.2 cm³/mol. The van der Waals surface area contributed by atoms with E-state index in [0.29, 0.717) is 17.7 Å². The highest BCUT2D eigenvalue weighted by Gasteiger charge is 2.15. The number of benzene rings is 1. The third kappa shape index (κ3) is 6.45. The van der Waals surface area contributed by atoms with Crippen molar-refractivity contribution in [3.05, 3.63) is 23.8 Å². The Bertz CT molecular complexity index is 549. The summed E-state index contributed by atoms with van der Waals surface area (Å²) in [6.45, 7) is 9.70. The number of nitrogens with two attached hydrogens (primary N) is 1. The first kappa shape index (κ1) is 19.8. The van der Waals surface area contributed by atoms with Crippen LogP contribution in [0.4, 0.5) is 11.4 Å². The molecule has 0 aliphatic carbocycles. The topological polar surface area (TPSA) is 93.9 Å². The van der Waals surface area contributed by atoms with E-state index in [-0.39, 0.29) is 11.6 Å². The standard InChI is InChI=1S/C12H17N3O2.C5H10O2/c1-17-12(16)9-2-3-11(10(13)8-9)15-6-4-14-5-7-15;1-5(2,3)7-4-6/h2-3,8,14H,4-7,13H2,1H3;4H,1-3H3. The summed E-state index contributed by atoms with van der Waals surface area (Å²) in [6.07, 6.45) is 0. The highest BCUT2D eigenvalue weighted by molar-refractivity contribution is 5.92. The summed E-state index contributed by atoms with van der Waals surface area (Å²) in [5.41, 5.74) is 7.75. The van der Waals surface area contributed by atoms with Gasteiger partial charge in [0.25, 0.3) is 6.47 Å². The van der Waals surface area contributed by atoms with Gasteiger partial charge in [0.2, 0.25) is 0 Å². The van der Waals surface area contributed by atoms with E-state index in [2.05, 4.69) is 19.7 Å². The first-order valence-corrected chi connectivity index (χ1v) is 7.83. The zero-order valence-electron chi connectivity index (χ0n) is 14.8. The maximum Gasteiger partial charge on any atom is 0.337 e. The summed E-state index contributed by atoms with van der Waals surface area (Å²) < 4.78 is 9.21. The molecular formula is C17H27N3O4. The number of nitrogen functional groups attached to an aromatic ring is 1. The van der Waals surface area contributed by atoms with Crippen molar-refractivity contribution in [1.82, 2.24) is 5.32 Å². The Balaban J connectivity index is 0.000000351. The molecule has 134 valence electrons. The molecule has 0 aromatic heterocycles. The van der Waals surface area contributed by atoms with Crippen LogP contribution in [0.1, 0.15) is 31.1 Å². The van der Waals surface area contributed by atoms with Crippen LogP contribution in [-0.4, -0.2) is 51.3 Å². The second-order valence-electron chi connectivity index (χ2n) is 6.33. The van der Waals surface area contributed by atoms with Gasteiger partial charge in [-0.25, -0.2) is 4.79 Å². The Morgan fingerprint density at radius 2 is 1.92 bits per heavy atom. The van der Waals surface area contributed by atoms with Crippen LogP contribution >= 0.6 is 0 Å². The van der Waals surface area contributed by atoms with Gasteiger partial charge in [-0.15, -0.1) is 0 Å². The molecule has 1 heterocycles. The normalized spacial score (nSPS) is 14.2. The number of ether oxygens (including phenoxy) is 2. The smallest absolute Gasteiger partial charge is 0.337 e. The number of nitrogens with one attached hydrogen (secondary N) is 1. The van der Waals surface area contributed by atoms with Gasteiger partial charge in [0.15, 0.2) is 0 Å². The number of hydrogen-bond acceptors (Lipinski definition) is 7. The molecule has 0 bridgehead atoms. The Morgan fingerprint density at radius 3 is 2.33 bits per heavy atom. The zero-order valence-corrected chi connectivity index (χ0v) is 14.8. The lowest BCUT2D eigenvalue weighted by Gasteiger charge is -2.30. The fourth-order valence-corrected chi connectivity index (χ4v) is 2.14. The van der Waals surface area contributed by atoms with Crippen molar-refractivity contribution >= 4 is 23.8 Å². The number of carbonyl (C=O) groups excluding carboxylic acids is 2. The third-order valence-corrected chi connectivity index (χ3v) is 3.31. The van der Waals surface area contributed by atoms with E-state index >= 15 is 0 Å². The average Bonchev–Trinajstić information content (AvgIpc) is 2.54. The number of piperazine rings is 1. The van der Waals surface area contributed by atoms with Crippen molar-refractivity contribution in [3.63, 3.8) is 0 Å². The maximum atomic E-state index is 11.4. The van der Waals surface area contributed by atoms with Gasteiger partial charge in [0, 0.05) is 26.2 Å². The van der Waals surface area contributed by atoms with Crippen LogP contribution in [0.3, 0.4) is 0 Å². The number of methoxy groups -OCH3 is 1. The largest absolute Gasteiger partial charge is 0.465 e. The average molecular weight is 337 g/mol. The maximum absolute atomic E-state index is 11.4. The third-order valence-electron chi connectivity index (χ3n) is 3.31. The molecule has 1 saturated heterocycles. The second-order valence-corrected chi connectivity index (χ2v) is 6.33. The zero-order chi connectivity index (χ0) is 18.2. The fourth-order valence-electron chi connectivity index (χ4n) is 2.14. The van der Waals surface area contributed by atoms with E-state index in [1.807, 2.05) is 26.8 Å². The minimum atomic E-state index is -0.358. The van der Waals surface area contributed by atoms with Gasteiger partial charge >= 0.3 is 5.97 Å². The molecule has 0 saturated carbocycles. The molecule has 0 unspecified atom stereocenters. The summed E-state index contributed by atoms with van der Waals surface area (Å²) in [5.74, 6) is -0.358. The van der Waals surface area contributed by atoms with E-state index in [1.54, 1.807) is 12.1 Å². The molecule has 3 N–H and O–H groups in total. The lowest BCUT2D eigenvalue weighted by atomic mass is 10.1. The van der Waals surface area contributed by atoms with E-state index in [9.17, 15) is 9.59 Å². The number of esters is 1. The van der Waals surface area contributed by atoms with Crippen LogP contribution in [0.5, 0.6) is 0 Å². The van der Waals surface area contributed by atoms with E-state index < -0.39 is 0 Å². The lowest BCUT2D eigenvalue weighted by molar-refractivity contribution is -0.138. The molecule has 1 aliphatic rings. The van der Waals surface area contributed by atoms with Gasteiger partial charge in [-0.05, 0) is 39.0 Å². The van der Waals surface area contributed by atoms with Crippen molar-refractivity contribution in [3.8, 4) is 0 Å². The number of carbonyl (C=O) groups is 2. The highest BCUT2D eigenvalue weighted by Crippen LogP contribution is 2.24. The van der Waals surface area contributed by atoms with E-state index in [1.165, 1.54) is 7.11 Å². The Hall–Kier alpha value is -2.28. The minimum absolute atomic E-state index is 0.318. The lowest BCUT2D eigenvalue weighted by Crippen LogP contribution is -2.43. The molecule has 2 rings (SSSR count). The molecule has 24 heavy (non-hydrogen) atoms. The molecule has 1 aromatic rings. The number of rotatable bonds is 3. The molecule has 7 heteroatoms. The first-order chi connectivity index (χ1) is 11.3. The van der Waals surface area contributed by atoms with Crippen molar-refractivity contribution < 1.29 is 19.1 Å². The van der Waals surface area contributed by atoms with Crippen molar-refractivity contribution in [2.45, 2.75) is 26.4 Å². The van der Waals surface area contributed by atoms with Gasteiger partial charge in [0.1, 0.15) is 5.60 Å². The Morgan fingerprint density at radius 1 is 1.29 bits per heavy atom. The monoisotopic (exact) mass is 337 g/mol. The van der Waals surface area contributed by atoms with Crippen LogP contribution in [0.2, 0.25) is 0 Å². The van der Waals surface area contributed by atoms with Crippen LogP contribution in [0, 0.1) is 0 Å². The van der Waals surface area contributed by atoms with Crippen molar-refractivity contribution in [2.75, 3.05) is 43.9 Å². The molecule has 0 amide bonds. The van der Waals surface area contributed by atoms with Crippen molar-refractivity contribution in [2.24, 2.45) is 0 Å². The summed E-state index contributed by atoms with van der Waals surface area (Å²) in [6, 6.07) is 5.30. The van der Waals surface area contributed by atoms with Gasteiger partial charge < -0.3 is 25.4 Å². The Labute approximate surface area is 143 Å². The molecule has 0 spiro atoms. The quantitative estimate of drug-likeness (QED) is 0.489. The predicted octanol–water partition coefficient (Wildman–Crippen LogP) is 1.42. The van der Waals surface area contributed by atoms with E-state index in [4.69, 9.17) is 5.73 Å². The molecule has 0 atom stereocenters. The number of hydrogen-bond donors (Lipinski definition) is 2. The highest BCUT2D eigenvalue weighted by atomic mass is 16.5. The Kier molecular flexibility index (Phi) is 7.51. The first-order valence-electron chi connectivity index (χ1n) is 7.83. The van der Waals surface area contributed by atoms with Gasteiger partial charge in [-0.1, -0.05) is 0 Å². The van der Waals surface area contributed by atoms with Crippen LogP contribution in [-0.2, 0) is 14.3 Å². The summed E-state index contributed by atoms with van der Waals surface area (Å²) in [7, 11) is 1.36. The second kappa shape index (κ2) is 9.12. The summed E-state index contributed by atoms with van der Waals surface area (Å²) in [4.78, 5) is 23.2. The fraction of sp³-hybridized carbons (Fsp3) is 0.529. The van der Waals surface area contributed by atoms with Crippen molar-refractivity contribution in [1.29, 1.82) is 0 Å². The van der Waals surface area contributed by atoms with E-state index in [0.717, 1.165) is 31.9 Å².